The maximum atomic E-state index is 11.4. The van der Waals surface area contributed by atoms with Gasteiger partial charge in [-0.3, -0.25) is 4.79 Å². The van der Waals surface area contributed by atoms with Crippen LogP contribution >= 0.6 is 0 Å². The third-order valence-electron chi connectivity index (χ3n) is 2.87. The minimum Gasteiger partial charge on any atom is -0.478 e. The molecule has 0 spiro atoms. The summed E-state index contributed by atoms with van der Waals surface area (Å²) in [6, 6.07) is 15.2. The summed E-state index contributed by atoms with van der Waals surface area (Å²) < 4.78 is 0. The van der Waals surface area contributed by atoms with Crippen molar-refractivity contribution in [1.82, 2.24) is 0 Å². The molecule has 2 aromatic carbocycles. The Morgan fingerprint density at radius 3 is 1.91 bits per heavy atom. The lowest BCUT2D eigenvalue weighted by molar-refractivity contribution is -0.131. The standard InChI is InChI=1S/C17H16N2O3/c1-12-2-4-13(5-3-12)18-14-6-8-15(9-7-14)19-16(20)10-11-17(21)22/h2-11,18H,1H3,(H,19,20)(H,21,22)/b11-10-. The van der Waals surface area contributed by atoms with Crippen LogP contribution in [0.15, 0.2) is 60.7 Å². The topological polar surface area (TPSA) is 78.4 Å². The Kier molecular flexibility index (Phi) is 4.93. The summed E-state index contributed by atoms with van der Waals surface area (Å²) in [6.45, 7) is 2.03. The number of aliphatic carboxylic acids is 1. The van der Waals surface area contributed by atoms with E-state index in [2.05, 4.69) is 10.6 Å². The molecule has 2 aromatic rings. The summed E-state index contributed by atoms with van der Waals surface area (Å²) in [4.78, 5) is 21.8. The highest BCUT2D eigenvalue weighted by molar-refractivity contribution is 6.02. The number of anilines is 3. The third-order valence-corrected chi connectivity index (χ3v) is 2.87. The second kappa shape index (κ2) is 7.08. The van der Waals surface area contributed by atoms with Crippen molar-refractivity contribution in [2.75, 3.05) is 10.6 Å². The zero-order valence-electron chi connectivity index (χ0n) is 12.0. The van der Waals surface area contributed by atoms with Crippen molar-refractivity contribution < 1.29 is 14.7 Å². The Hall–Kier alpha value is -3.08. The fourth-order valence-electron chi connectivity index (χ4n) is 1.77. The highest BCUT2D eigenvalue weighted by Gasteiger charge is 2.00. The SMILES string of the molecule is Cc1ccc(Nc2ccc(NC(=O)/C=C\C(=O)O)cc2)cc1. The number of aryl methyl sites for hydroxylation is 1. The molecule has 0 aromatic heterocycles. The molecule has 1 amide bonds. The Bertz CT molecular complexity index is 689. The van der Waals surface area contributed by atoms with Crippen LogP contribution in [0, 0.1) is 6.92 Å². The molecule has 0 heterocycles. The van der Waals surface area contributed by atoms with Crippen LogP contribution in [-0.4, -0.2) is 17.0 Å². The number of benzene rings is 2. The third kappa shape index (κ3) is 4.79. The van der Waals surface area contributed by atoms with Crippen molar-refractivity contribution in [3.05, 3.63) is 66.2 Å². The highest BCUT2D eigenvalue weighted by atomic mass is 16.4. The van der Waals surface area contributed by atoms with E-state index < -0.39 is 11.9 Å². The summed E-state index contributed by atoms with van der Waals surface area (Å²) >= 11 is 0. The molecule has 0 aliphatic carbocycles. The van der Waals surface area contributed by atoms with Crippen LogP contribution in [-0.2, 0) is 9.59 Å². The number of hydrogen-bond acceptors (Lipinski definition) is 3. The van der Waals surface area contributed by atoms with E-state index in [1.165, 1.54) is 5.56 Å². The Labute approximate surface area is 128 Å². The maximum absolute atomic E-state index is 11.4. The maximum Gasteiger partial charge on any atom is 0.328 e. The van der Waals surface area contributed by atoms with Gasteiger partial charge in [-0.15, -0.1) is 0 Å². The zero-order chi connectivity index (χ0) is 15.9. The molecule has 0 fully saturated rings. The monoisotopic (exact) mass is 296 g/mol. The number of carboxylic acids is 1. The molecule has 3 N–H and O–H groups in total. The van der Waals surface area contributed by atoms with Gasteiger partial charge in [-0.2, -0.15) is 0 Å². The van der Waals surface area contributed by atoms with E-state index in [0.29, 0.717) is 5.69 Å². The minimum absolute atomic E-state index is 0.485. The van der Waals surface area contributed by atoms with Crippen molar-refractivity contribution in [3.8, 4) is 0 Å². The Morgan fingerprint density at radius 1 is 0.864 bits per heavy atom. The average Bonchev–Trinajstić information content (AvgIpc) is 2.49. The number of carbonyl (C=O) groups is 2. The second-order valence-corrected chi connectivity index (χ2v) is 4.73. The van der Waals surface area contributed by atoms with Gasteiger partial charge in [0.05, 0.1) is 0 Å². The van der Waals surface area contributed by atoms with Crippen molar-refractivity contribution in [2.45, 2.75) is 6.92 Å². The van der Waals surface area contributed by atoms with Crippen LogP contribution in [0.4, 0.5) is 17.1 Å². The largest absolute Gasteiger partial charge is 0.478 e. The van der Waals surface area contributed by atoms with E-state index in [-0.39, 0.29) is 0 Å². The van der Waals surface area contributed by atoms with Gasteiger partial charge >= 0.3 is 5.97 Å². The number of rotatable bonds is 5. The molecule has 0 atom stereocenters. The molecule has 0 radical (unpaired) electrons. The Morgan fingerprint density at radius 2 is 1.36 bits per heavy atom. The molecule has 0 saturated carbocycles. The lowest BCUT2D eigenvalue weighted by atomic mass is 10.2. The molecule has 2 rings (SSSR count). The smallest absolute Gasteiger partial charge is 0.328 e. The normalized spacial score (nSPS) is 10.4. The van der Waals surface area contributed by atoms with Gasteiger partial charge in [-0.1, -0.05) is 17.7 Å². The minimum atomic E-state index is -1.16. The van der Waals surface area contributed by atoms with E-state index in [1.807, 2.05) is 43.3 Å². The van der Waals surface area contributed by atoms with E-state index in [1.54, 1.807) is 12.1 Å². The van der Waals surface area contributed by atoms with Crippen LogP contribution in [0.2, 0.25) is 0 Å². The molecular formula is C17H16N2O3. The van der Waals surface area contributed by atoms with E-state index in [4.69, 9.17) is 5.11 Å². The van der Waals surface area contributed by atoms with Gasteiger partial charge in [0.1, 0.15) is 0 Å². The van der Waals surface area contributed by atoms with Gasteiger partial charge in [0.2, 0.25) is 5.91 Å². The summed E-state index contributed by atoms with van der Waals surface area (Å²) in [7, 11) is 0. The van der Waals surface area contributed by atoms with E-state index >= 15 is 0 Å². The number of carbonyl (C=O) groups excluding carboxylic acids is 1. The summed E-state index contributed by atoms with van der Waals surface area (Å²) in [5, 5.41) is 14.3. The van der Waals surface area contributed by atoms with Crippen LogP contribution in [0.5, 0.6) is 0 Å². The quantitative estimate of drug-likeness (QED) is 0.740. The predicted molar refractivity (Wildman–Crippen MR) is 86.3 cm³/mol. The van der Waals surface area contributed by atoms with Crippen molar-refractivity contribution in [1.29, 1.82) is 0 Å². The van der Waals surface area contributed by atoms with Gasteiger partial charge in [-0.05, 0) is 43.3 Å². The van der Waals surface area contributed by atoms with Gasteiger partial charge in [-0.25, -0.2) is 4.79 Å². The van der Waals surface area contributed by atoms with Crippen LogP contribution in [0.1, 0.15) is 5.56 Å². The zero-order valence-corrected chi connectivity index (χ0v) is 12.0. The number of carboxylic acid groups (broad SMARTS) is 1. The molecule has 0 saturated heterocycles. The molecule has 22 heavy (non-hydrogen) atoms. The molecule has 5 heteroatoms. The second-order valence-electron chi connectivity index (χ2n) is 4.73. The number of hydrogen-bond donors (Lipinski definition) is 3. The van der Waals surface area contributed by atoms with Crippen LogP contribution in [0.25, 0.3) is 0 Å². The molecule has 112 valence electrons. The fraction of sp³-hybridized carbons (Fsp3) is 0.0588. The first kappa shape index (κ1) is 15.3. The summed E-state index contributed by atoms with van der Waals surface area (Å²) in [6.07, 6.45) is 1.77. The average molecular weight is 296 g/mol. The van der Waals surface area contributed by atoms with Gasteiger partial charge < -0.3 is 15.7 Å². The predicted octanol–water partition coefficient (Wildman–Crippen LogP) is 3.32. The van der Waals surface area contributed by atoms with Gasteiger partial charge in [0, 0.05) is 29.2 Å². The number of nitrogens with one attached hydrogen (secondary N) is 2. The van der Waals surface area contributed by atoms with Gasteiger partial charge in [0.15, 0.2) is 0 Å². The van der Waals surface area contributed by atoms with E-state index in [0.717, 1.165) is 23.5 Å². The fourth-order valence-corrected chi connectivity index (χ4v) is 1.77. The molecule has 0 bridgehead atoms. The lowest BCUT2D eigenvalue weighted by Gasteiger charge is -2.08. The molecule has 0 unspecified atom stereocenters. The van der Waals surface area contributed by atoms with Crippen molar-refractivity contribution in [2.24, 2.45) is 0 Å². The first-order valence-electron chi connectivity index (χ1n) is 6.69. The van der Waals surface area contributed by atoms with E-state index in [9.17, 15) is 9.59 Å². The van der Waals surface area contributed by atoms with Crippen molar-refractivity contribution >= 4 is 28.9 Å². The summed E-state index contributed by atoms with van der Waals surface area (Å²) in [5.41, 5.74) is 3.65. The molecular weight excluding hydrogens is 280 g/mol. The lowest BCUT2D eigenvalue weighted by Crippen LogP contribution is -2.08. The van der Waals surface area contributed by atoms with Crippen LogP contribution < -0.4 is 10.6 Å². The van der Waals surface area contributed by atoms with Crippen LogP contribution in [0.3, 0.4) is 0 Å². The first-order chi connectivity index (χ1) is 10.5. The number of amides is 1. The Balaban J connectivity index is 1.96. The molecule has 0 aliphatic rings. The highest BCUT2D eigenvalue weighted by Crippen LogP contribution is 2.19. The molecule has 0 aliphatic heterocycles. The van der Waals surface area contributed by atoms with Gasteiger partial charge in [0.25, 0.3) is 0 Å². The van der Waals surface area contributed by atoms with Crippen molar-refractivity contribution in [3.63, 3.8) is 0 Å². The molecule has 5 nitrogen and oxygen atoms in total. The first-order valence-corrected chi connectivity index (χ1v) is 6.69. The summed E-state index contributed by atoms with van der Waals surface area (Å²) in [5.74, 6) is -1.64.